The van der Waals surface area contributed by atoms with E-state index in [4.69, 9.17) is 0 Å². The minimum Gasteiger partial charge on any atom is -0.380 e. The Labute approximate surface area is 136 Å². The average Bonchev–Trinajstić information content (AvgIpc) is 2.30. The first-order chi connectivity index (χ1) is 8.56. The Morgan fingerprint density at radius 3 is 2.50 bits per heavy atom. The summed E-state index contributed by atoms with van der Waals surface area (Å²) in [6.45, 7) is 0.639. The van der Waals surface area contributed by atoms with Crippen LogP contribution in [0.15, 0.2) is 45.3 Å². The van der Waals surface area contributed by atoms with Gasteiger partial charge in [0.1, 0.15) is 5.82 Å². The predicted octanol–water partition coefficient (Wildman–Crippen LogP) is 5.57. The number of hydrogen-bond acceptors (Lipinski definition) is 1. The van der Waals surface area contributed by atoms with Crippen LogP contribution in [-0.4, -0.2) is 0 Å². The standard InChI is InChI=1S/C13H9Br2FIN/c14-11-5-9(16)2-1-8(11)7-18-13-4-3-10(17)6-12(13)15/h1-6,18H,7H2. The topological polar surface area (TPSA) is 12.0 Å². The van der Waals surface area contributed by atoms with E-state index in [-0.39, 0.29) is 5.82 Å². The van der Waals surface area contributed by atoms with Crippen LogP contribution in [0.5, 0.6) is 0 Å². The van der Waals surface area contributed by atoms with Crippen LogP contribution < -0.4 is 5.32 Å². The highest BCUT2D eigenvalue weighted by molar-refractivity contribution is 14.1. The van der Waals surface area contributed by atoms with Gasteiger partial charge in [-0.25, -0.2) is 4.39 Å². The van der Waals surface area contributed by atoms with E-state index in [9.17, 15) is 4.39 Å². The van der Waals surface area contributed by atoms with Crippen molar-refractivity contribution >= 4 is 60.1 Å². The van der Waals surface area contributed by atoms with Crippen molar-refractivity contribution in [3.63, 3.8) is 0 Å². The highest BCUT2D eigenvalue weighted by Gasteiger charge is 2.04. The summed E-state index contributed by atoms with van der Waals surface area (Å²) in [6.07, 6.45) is 0. The maximum atomic E-state index is 13.0. The van der Waals surface area contributed by atoms with Crippen molar-refractivity contribution in [3.8, 4) is 0 Å². The van der Waals surface area contributed by atoms with Crippen LogP contribution in [0.1, 0.15) is 5.56 Å². The van der Waals surface area contributed by atoms with E-state index in [0.717, 1.165) is 20.2 Å². The van der Waals surface area contributed by atoms with Gasteiger partial charge in [0.05, 0.1) is 0 Å². The maximum absolute atomic E-state index is 13.0. The molecule has 0 amide bonds. The van der Waals surface area contributed by atoms with Crippen LogP contribution in [0.4, 0.5) is 10.1 Å². The first-order valence-electron chi connectivity index (χ1n) is 5.19. The Morgan fingerprint density at radius 1 is 1.06 bits per heavy atom. The van der Waals surface area contributed by atoms with Crippen molar-refractivity contribution in [3.05, 3.63) is 60.3 Å². The van der Waals surface area contributed by atoms with Crippen molar-refractivity contribution in [2.24, 2.45) is 0 Å². The lowest BCUT2D eigenvalue weighted by molar-refractivity contribution is 0.626. The van der Waals surface area contributed by atoms with Crippen LogP contribution in [0.25, 0.3) is 0 Å². The van der Waals surface area contributed by atoms with Crippen LogP contribution in [0, 0.1) is 9.39 Å². The Balaban J connectivity index is 2.11. The normalized spacial score (nSPS) is 10.4. The number of benzene rings is 2. The Kier molecular flexibility index (Phi) is 5.03. The average molecular weight is 485 g/mol. The fourth-order valence-electron chi connectivity index (χ4n) is 1.49. The third-order valence-electron chi connectivity index (χ3n) is 2.42. The molecule has 0 fully saturated rings. The van der Waals surface area contributed by atoms with Gasteiger partial charge in [-0.05, 0) is 74.4 Å². The zero-order valence-electron chi connectivity index (χ0n) is 9.18. The predicted molar refractivity (Wildman–Crippen MR) is 88.3 cm³/mol. The van der Waals surface area contributed by atoms with Gasteiger partial charge in [-0.2, -0.15) is 0 Å². The largest absolute Gasteiger partial charge is 0.380 e. The van der Waals surface area contributed by atoms with Crippen LogP contribution >= 0.6 is 54.5 Å². The zero-order chi connectivity index (χ0) is 13.1. The quantitative estimate of drug-likeness (QED) is 0.562. The summed E-state index contributed by atoms with van der Waals surface area (Å²) < 4.78 is 15.9. The van der Waals surface area contributed by atoms with Crippen molar-refractivity contribution in [2.75, 3.05) is 5.32 Å². The minimum atomic E-state index is -0.235. The SMILES string of the molecule is Fc1ccc(CNc2ccc(I)cc2Br)c(Br)c1. The minimum absolute atomic E-state index is 0.235. The molecule has 0 aliphatic heterocycles. The molecule has 0 unspecified atom stereocenters. The molecule has 0 bridgehead atoms. The molecule has 0 saturated carbocycles. The lowest BCUT2D eigenvalue weighted by Crippen LogP contribution is -2.01. The first kappa shape index (κ1) is 14.3. The number of nitrogens with one attached hydrogen (secondary N) is 1. The molecule has 2 aromatic rings. The summed E-state index contributed by atoms with van der Waals surface area (Å²) >= 11 is 9.13. The van der Waals surface area contributed by atoms with E-state index in [0.29, 0.717) is 6.54 Å². The summed E-state index contributed by atoms with van der Waals surface area (Å²) in [5.41, 5.74) is 2.04. The number of hydrogen-bond donors (Lipinski definition) is 1. The van der Waals surface area contributed by atoms with Crippen LogP contribution in [0.2, 0.25) is 0 Å². The van der Waals surface area contributed by atoms with Gasteiger partial charge >= 0.3 is 0 Å². The molecule has 94 valence electrons. The van der Waals surface area contributed by atoms with Gasteiger partial charge in [0.25, 0.3) is 0 Å². The molecule has 0 aliphatic carbocycles. The second kappa shape index (κ2) is 6.34. The molecule has 0 radical (unpaired) electrons. The summed E-state index contributed by atoms with van der Waals surface area (Å²) in [5, 5.41) is 3.31. The monoisotopic (exact) mass is 483 g/mol. The van der Waals surface area contributed by atoms with Crippen molar-refractivity contribution in [1.29, 1.82) is 0 Å². The fraction of sp³-hybridized carbons (Fsp3) is 0.0769. The van der Waals surface area contributed by atoms with Crippen molar-refractivity contribution in [2.45, 2.75) is 6.54 Å². The highest BCUT2D eigenvalue weighted by atomic mass is 127. The molecule has 0 heterocycles. The van der Waals surface area contributed by atoms with Gasteiger partial charge in [-0.3, -0.25) is 0 Å². The summed E-state index contributed by atoms with van der Waals surface area (Å²) in [6, 6.07) is 10.8. The van der Waals surface area contributed by atoms with Crippen molar-refractivity contribution < 1.29 is 4.39 Å². The van der Waals surface area contributed by atoms with E-state index in [1.54, 1.807) is 6.07 Å². The van der Waals surface area contributed by atoms with E-state index in [1.165, 1.54) is 15.7 Å². The lowest BCUT2D eigenvalue weighted by Gasteiger charge is -2.10. The van der Waals surface area contributed by atoms with Gasteiger partial charge in [-0.15, -0.1) is 0 Å². The first-order valence-corrected chi connectivity index (χ1v) is 7.85. The molecule has 0 spiro atoms. The number of anilines is 1. The number of rotatable bonds is 3. The molecule has 18 heavy (non-hydrogen) atoms. The molecular formula is C13H9Br2FIN. The molecule has 2 rings (SSSR count). The third kappa shape index (κ3) is 3.68. The van der Waals surface area contributed by atoms with Crippen molar-refractivity contribution in [1.82, 2.24) is 0 Å². The summed E-state index contributed by atoms with van der Waals surface area (Å²) in [4.78, 5) is 0. The molecule has 0 aromatic heterocycles. The van der Waals surface area contributed by atoms with Gasteiger partial charge in [0.2, 0.25) is 0 Å². The Bertz CT molecular complexity index is 523. The van der Waals surface area contributed by atoms with E-state index in [1.807, 2.05) is 18.2 Å². The Hall–Kier alpha value is -0.140. The van der Waals surface area contributed by atoms with Gasteiger partial charge in [0.15, 0.2) is 0 Å². The van der Waals surface area contributed by atoms with Crippen LogP contribution in [0.3, 0.4) is 0 Å². The van der Waals surface area contributed by atoms with Crippen LogP contribution in [-0.2, 0) is 6.54 Å². The molecule has 0 aliphatic rings. The molecule has 2 aromatic carbocycles. The summed E-state index contributed by atoms with van der Waals surface area (Å²) in [5.74, 6) is -0.235. The molecule has 0 atom stereocenters. The van der Waals surface area contributed by atoms with E-state index in [2.05, 4.69) is 59.8 Å². The van der Waals surface area contributed by atoms with Gasteiger partial charge < -0.3 is 5.32 Å². The second-order valence-electron chi connectivity index (χ2n) is 3.71. The maximum Gasteiger partial charge on any atom is 0.124 e. The molecule has 1 N–H and O–H groups in total. The third-order valence-corrected chi connectivity index (χ3v) is 4.48. The summed E-state index contributed by atoms with van der Waals surface area (Å²) in [7, 11) is 0. The van der Waals surface area contributed by atoms with Gasteiger partial charge in [-0.1, -0.05) is 22.0 Å². The zero-order valence-corrected chi connectivity index (χ0v) is 14.5. The molecular weight excluding hydrogens is 476 g/mol. The highest BCUT2D eigenvalue weighted by Crippen LogP contribution is 2.26. The Morgan fingerprint density at radius 2 is 1.83 bits per heavy atom. The lowest BCUT2D eigenvalue weighted by atomic mass is 10.2. The molecule has 5 heteroatoms. The van der Waals surface area contributed by atoms with Gasteiger partial charge in [0, 0.05) is 24.7 Å². The van der Waals surface area contributed by atoms with E-state index >= 15 is 0 Å². The second-order valence-corrected chi connectivity index (χ2v) is 6.67. The molecule has 0 saturated heterocycles. The fourth-order valence-corrected chi connectivity index (χ4v) is 3.42. The number of halogens is 4. The van der Waals surface area contributed by atoms with E-state index < -0.39 is 0 Å². The smallest absolute Gasteiger partial charge is 0.124 e. The molecule has 1 nitrogen and oxygen atoms in total.